The SMILES string of the molecule is COc1cccc(CNCC2(OC)CCC2)c1F. The van der Waals surface area contributed by atoms with Gasteiger partial charge in [-0.15, -0.1) is 0 Å². The molecule has 0 amide bonds. The molecule has 0 saturated heterocycles. The van der Waals surface area contributed by atoms with Crippen molar-refractivity contribution in [3.8, 4) is 5.75 Å². The van der Waals surface area contributed by atoms with E-state index in [0.29, 0.717) is 17.9 Å². The standard InChI is InChI=1S/C14H20FNO2/c1-17-12-6-3-5-11(13(12)15)9-16-10-14(18-2)7-4-8-14/h3,5-6,16H,4,7-10H2,1-2H3. The first kappa shape index (κ1) is 13.3. The molecule has 1 aliphatic carbocycles. The van der Waals surface area contributed by atoms with Crippen LogP contribution in [-0.2, 0) is 11.3 Å². The molecule has 18 heavy (non-hydrogen) atoms. The normalized spacial score (nSPS) is 17.3. The summed E-state index contributed by atoms with van der Waals surface area (Å²) < 4.78 is 24.3. The average Bonchev–Trinajstić information content (AvgIpc) is 2.34. The molecule has 3 nitrogen and oxygen atoms in total. The third kappa shape index (κ3) is 2.65. The molecule has 0 atom stereocenters. The van der Waals surface area contributed by atoms with Gasteiger partial charge in [0.15, 0.2) is 11.6 Å². The lowest BCUT2D eigenvalue weighted by atomic mass is 9.80. The molecular formula is C14H20FNO2. The molecule has 1 fully saturated rings. The molecule has 100 valence electrons. The van der Waals surface area contributed by atoms with E-state index in [4.69, 9.17) is 9.47 Å². The fourth-order valence-electron chi connectivity index (χ4n) is 2.30. The molecule has 0 aliphatic heterocycles. The number of rotatable bonds is 6. The van der Waals surface area contributed by atoms with E-state index in [2.05, 4.69) is 5.32 Å². The second-order valence-corrected chi connectivity index (χ2v) is 4.78. The summed E-state index contributed by atoms with van der Waals surface area (Å²) in [4.78, 5) is 0. The van der Waals surface area contributed by atoms with Crippen molar-refractivity contribution in [2.75, 3.05) is 20.8 Å². The molecule has 1 N–H and O–H groups in total. The van der Waals surface area contributed by atoms with Crippen LogP contribution in [0, 0.1) is 5.82 Å². The number of hydrogen-bond acceptors (Lipinski definition) is 3. The van der Waals surface area contributed by atoms with E-state index in [-0.39, 0.29) is 11.4 Å². The maximum atomic E-state index is 13.9. The van der Waals surface area contributed by atoms with Crippen molar-refractivity contribution in [1.29, 1.82) is 0 Å². The van der Waals surface area contributed by atoms with Gasteiger partial charge in [-0.2, -0.15) is 0 Å². The van der Waals surface area contributed by atoms with Gasteiger partial charge in [-0.05, 0) is 25.3 Å². The monoisotopic (exact) mass is 253 g/mol. The van der Waals surface area contributed by atoms with Gasteiger partial charge in [-0.1, -0.05) is 12.1 Å². The Kier molecular flexibility index (Phi) is 4.19. The molecule has 4 heteroatoms. The zero-order valence-electron chi connectivity index (χ0n) is 11.0. The summed E-state index contributed by atoms with van der Waals surface area (Å²) in [5.74, 6) is 0.00646. The Morgan fingerprint density at radius 2 is 2.11 bits per heavy atom. The molecule has 0 spiro atoms. The van der Waals surface area contributed by atoms with Gasteiger partial charge >= 0.3 is 0 Å². The summed E-state index contributed by atoms with van der Waals surface area (Å²) in [6, 6.07) is 5.20. The van der Waals surface area contributed by atoms with Crippen molar-refractivity contribution in [1.82, 2.24) is 5.32 Å². The Hall–Kier alpha value is -1.13. The van der Waals surface area contributed by atoms with Gasteiger partial charge in [0.25, 0.3) is 0 Å². The Balaban J connectivity index is 1.90. The summed E-state index contributed by atoms with van der Waals surface area (Å²) in [5, 5.41) is 3.27. The first-order valence-corrected chi connectivity index (χ1v) is 6.28. The van der Waals surface area contributed by atoms with Crippen LogP contribution in [0.1, 0.15) is 24.8 Å². The second kappa shape index (κ2) is 5.67. The lowest BCUT2D eigenvalue weighted by molar-refractivity contribution is -0.0695. The fraction of sp³-hybridized carbons (Fsp3) is 0.571. The van der Waals surface area contributed by atoms with Gasteiger partial charge in [0.2, 0.25) is 0 Å². The third-order valence-electron chi connectivity index (χ3n) is 3.72. The highest BCUT2D eigenvalue weighted by Gasteiger charge is 2.36. The number of nitrogens with one attached hydrogen (secondary N) is 1. The van der Waals surface area contributed by atoms with Crippen LogP contribution in [0.15, 0.2) is 18.2 Å². The number of halogens is 1. The molecule has 0 unspecified atom stereocenters. The minimum atomic E-state index is -0.285. The zero-order valence-corrected chi connectivity index (χ0v) is 11.0. The Morgan fingerprint density at radius 3 is 2.67 bits per heavy atom. The van der Waals surface area contributed by atoms with E-state index in [1.807, 2.05) is 0 Å². The predicted octanol–water partition coefficient (Wildman–Crippen LogP) is 2.49. The van der Waals surface area contributed by atoms with Gasteiger partial charge < -0.3 is 14.8 Å². The topological polar surface area (TPSA) is 30.5 Å². The molecule has 0 aromatic heterocycles. The van der Waals surface area contributed by atoms with Gasteiger partial charge in [-0.25, -0.2) is 4.39 Å². The van der Waals surface area contributed by atoms with E-state index in [9.17, 15) is 4.39 Å². The summed E-state index contributed by atoms with van der Waals surface area (Å²) in [5.41, 5.74) is 0.593. The van der Waals surface area contributed by atoms with Crippen LogP contribution in [-0.4, -0.2) is 26.4 Å². The number of benzene rings is 1. The second-order valence-electron chi connectivity index (χ2n) is 4.78. The summed E-state index contributed by atoms with van der Waals surface area (Å²) in [6.45, 7) is 1.26. The summed E-state index contributed by atoms with van der Waals surface area (Å²) in [6.07, 6.45) is 3.37. The van der Waals surface area contributed by atoms with Crippen molar-refractivity contribution in [2.24, 2.45) is 0 Å². The van der Waals surface area contributed by atoms with E-state index in [0.717, 1.165) is 19.4 Å². The highest BCUT2D eigenvalue weighted by atomic mass is 19.1. The molecule has 1 aromatic rings. The number of methoxy groups -OCH3 is 2. The van der Waals surface area contributed by atoms with Gasteiger partial charge in [0.1, 0.15) is 0 Å². The lowest BCUT2D eigenvalue weighted by Gasteiger charge is -2.40. The molecule has 2 rings (SSSR count). The molecule has 1 saturated carbocycles. The van der Waals surface area contributed by atoms with E-state index in [1.165, 1.54) is 13.5 Å². The lowest BCUT2D eigenvalue weighted by Crippen LogP contribution is -2.47. The number of hydrogen-bond donors (Lipinski definition) is 1. The van der Waals surface area contributed by atoms with Gasteiger partial charge in [-0.3, -0.25) is 0 Å². The van der Waals surface area contributed by atoms with Crippen LogP contribution in [0.2, 0.25) is 0 Å². The van der Waals surface area contributed by atoms with Gasteiger partial charge in [0, 0.05) is 25.8 Å². The molecule has 0 radical (unpaired) electrons. The average molecular weight is 253 g/mol. The van der Waals surface area contributed by atoms with E-state index >= 15 is 0 Å². The van der Waals surface area contributed by atoms with Crippen LogP contribution in [0.25, 0.3) is 0 Å². The summed E-state index contributed by atoms with van der Waals surface area (Å²) in [7, 11) is 3.22. The number of ether oxygens (including phenoxy) is 2. The highest BCUT2D eigenvalue weighted by Crippen LogP contribution is 2.34. The maximum absolute atomic E-state index is 13.9. The van der Waals surface area contributed by atoms with Crippen LogP contribution < -0.4 is 10.1 Å². The maximum Gasteiger partial charge on any atom is 0.169 e. The van der Waals surface area contributed by atoms with Crippen molar-refractivity contribution in [3.05, 3.63) is 29.6 Å². The first-order chi connectivity index (χ1) is 8.71. The van der Waals surface area contributed by atoms with Crippen molar-refractivity contribution >= 4 is 0 Å². The van der Waals surface area contributed by atoms with Crippen LogP contribution in [0.3, 0.4) is 0 Å². The molecule has 1 aliphatic rings. The fourth-order valence-corrected chi connectivity index (χ4v) is 2.30. The minimum absolute atomic E-state index is 0.0324. The van der Waals surface area contributed by atoms with Crippen LogP contribution in [0.5, 0.6) is 5.75 Å². The van der Waals surface area contributed by atoms with Crippen molar-refractivity contribution in [3.63, 3.8) is 0 Å². The van der Waals surface area contributed by atoms with Crippen LogP contribution in [0.4, 0.5) is 4.39 Å². The Bertz CT molecular complexity index is 399. The largest absolute Gasteiger partial charge is 0.494 e. The zero-order chi connectivity index (χ0) is 13.0. The van der Waals surface area contributed by atoms with E-state index in [1.54, 1.807) is 25.3 Å². The molecular weight excluding hydrogens is 233 g/mol. The van der Waals surface area contributed by atoms with Crippen molar-refractivity contribution < 1.29 is 13.9 Å². The minimum Gasteiger partial charge on any atom is -0.494 e. The van der Waals surface area contributed by atoms with Gasteiger partial charge in [0.05, 0.1) is 12.7 Å². The quantitative estimate of drug-likeness (QED) is 0.845. The van der Waals surface area contributed by atoms with Crippen molar-refractivity contribution in [2.45, 2.75) is 31.4 Å². The predicted molar refractivity (Wildman–Crippen MR) is 68.2 cm³/mol. The highest BCUT2D eigenvalue weighted by molar-refractivity contribution is 5.30. The first-order valence-electron chi connectivity index (χ1n) is 6.28. The molecule has 0 bridgehead atoms. The summed E-state index contributed by atoms with van der Waals surface area (Å²) >= 11 is 0. The third-order valence-corrected chi connectivity index (χ3v) is 3.72. The smallest absolute Gasteiger partial charge is 0.169 e. The van der Waals surface area contributed by atoms with Crippen LogP contribution >= 0.6 is 0 Å². The Morgan fingerprint density at radius 1 is 1.33 bits per heavy atom. The molecule has 1 aromatic carbocycles. The Labute approximate surface area is 107 Å². The van der Waals surface area contributed by atoms with E-state index < -0.39 is 0 Å². The molecule has 0 heterocycles.